The number of hydrogen-bond acceptors (Lipinski definition) is 5. The lowest BCUT2D eigenvalue weighted by Crippen LogP contribution is -2.49. The first-order valence-electron chi connectivity index (χ1n) is 9.51. The highest BCUT2D eigenvalue weighted by Crippen LogP contribution is 2.48. The highest BCUT2D eigenvalue weighted by molar-refractivity contribution is 7.54. The van der Waals surface area contributed by atoms with E-state index in [2.05, 4.69) is 41.5 Å². The molecule has 1 atom stereocenters. The fourth-order valence-electron chi connectivity index (χ4n) is 3.73. The van der Waals surface area contributed by atoms with Gasteiger partial charge in [-0.15, -0.1) is 0 Å². The van der Waals surface area contributed by atoms with Gasteiger partial charge in [-0.25, -0.2) is 0 Å². The van der Waals surface area contributed by atoms with Crippen molar-refractivity contribution >= 4 is 21.7 Å². The average Bonchev–Trinajstić information content (AvgIpc) is 2.46. The van der Waals surface area contributed by atoms with Gasteiger partial charge in [0, 0.05) is 12.5 Å². The molecule has 0 aliphatic heterocycles. The van der Waals surface area contributed by atoms with Crippen molar-refractivity contribution in [1.29, 1.82) is 0 Å². The Bertz CT molecular complexity index is 419. The fourth-order valence-corrected chi connectivity index (χ4v) is 11.0. The van der Waals surface area contributed by atoms with Gasteiger partial charge in [0.15, 0.2) is 8.32 Å². The van der Waals surface area contributed by atoms with Crippen molar-refractivity contribution in [3.05, 3.63) is 0 Å². The summed E-state index contributed by atoms with van der Waals surface area (Å²) in [6.07, 6.45) is -0.182. The molecule has 0 radical (unpaired) electrons. The molecule has 0 bridgehead atoms. The Hall–Kier alpha value is -0.00312. The molecule has 0 fully saturated rings. The predicted octanol–water partition coefficient (Wildman–Crippen LogP) is 5.65. The molecule has 0 saturated heterocycles. The SMILES string of the molecule is CCOP(=O)(CC(=O)[C@H](C)CO[Si](C(C)C)(C(C)C)C(C)C)OCC. The van der Waals surface area contributed by atoms with Gasteiger partial charge in [-0.1, -0.05) is 48.5 Å². The molecule has 0 aromatic heterocycles. The van der Waals surface area contributed by atoms with E-state index in [1.807, 2.05) is 6.92 Å². The van der Waals surface area contributed by atoms with Crippen LogP contribution >= 0.6 is 7.60 Å². The van der Waals surface area contributed by atoms with E-state index >= 15 is 0 Å². The Labute approximate surface area is 155 Å². The highest BCUT2D eigenvalue weighted by Gasteiger charge is 2.45. The Kier molecular flexibility index (Phi) is 11.0. The number of rotatable bonds is 13. The minimum atomic E-state index is -3.34. The van der Waals surface area contributed by atoms with Gasteiger partial charge in [0.25, 0.3) is 0 Å². The molecule has 0 amide bonds. The second-order valence-corrected chi connectivity index (χ2v) is 15.1. The molecule has 0 heterocycles. The van der Waals surface area contributed by atoms with E-state index in [0.29, 0.717) is 23.2 Å². The summed E-state index contributed by atoms with van der Waals surface area (Å²) in [4.78, 5) is 12.5. The summed E-state index contributed by atoms with van der Waals surface area (Å²) in [5.41, 5.74) is 1.40. The number of carbonyl (C=O) groups excluding carboxylic acids is 1. The molecule has 0 N–H and O–H groups in total. The minimum Gasteiger partial charge on any atom is -0.415 e. The lowest BCUT2D eigenvalue weighted by Gasteiger charge is -2.42. The van der Waals surface area contributed by atoms with E-state index < -0.39 is 15.9 Å². The number of Topliss-reactive ketones (excluding diaryl/α,β-unsaturated/α-hetero) is 1. The quantitative estimate of drug-likeness (QED) is 0.298. The van der Waals surface area contributed by atoms with Crippen molar-refractivity contribution < 1.29 is 22.8 Å². The predicted molar refractivity (Wildman–Crippen MR) is 107 cm³/mol. The summed E-state index contributed by atoms with van der Waals surface area (Å²) >= 11 is 0. The van der Waals surface area contributed by atoms with Gasteiger partial charge in [0.2, 0.25) is 0 Å². The van der Waals surface area contributed by atoms with Crippen molar-refractivity contribution in [2.45, 2.75) is 78.9 Å². The third-order valence-corrected chi connectivity index (χ3v) is 12.9. The van der Waals surface area contributed by atoms with E-state index in [1.54, 1.807) is 13.8 Å². The van der Waals surface area contributed by atoms with E-state index in [9.17, 15) is 9.36 Å². The topological polar surface area (TPSA) is 61.8 Å². The van der Waals surface area contributed by atoms with Crippen LogP contribution in [0.25, 0.3) is 0 Å². The molecule has 0 spiro atoms. The molecule has 0 aromatic rings. The maximum atomic E-state index is 12.6. The average molecular weight is 395 g/mol. The Balaban J connectivity index is 5.04. The first-order chi connectivity index (χ1) is 11.5. The van der Waals surface area contributed by atoms with Gasteiger partial charge in [-0.05, 0) is 30.5 Å². The molecule has 0 aromatic carbocycles. The molecule has 0 rings (SSSR count). The maximum absolute atomic E-state index is 12.6. The van der Waals surface area contributed by atoms with E-state index in [0.717, 1.165) is 0 Å². The van der Waals surface area contributed by atoms with Gasteiger partial charge in [-0.3, -0.25) is 9.36 Å². The van der Waals surface area contributed by atoms with Crippen LogP contribution in [0.4, 0.5) is 0 Å². The van der Waals surface area contributed by atoms with Crippen molar-refractivity contribution in [2.24, 2.45) is 5.92 Å². The van der Waals surface area contributed by atoms with E-state index in [4.69, 9.17) is 13.5 Å². The molecule has 0 aliphatic carbocycles. The van der Waals surface area contributed by atoms with Gasteiger partial charge < -0.3 is 13.5 Å². The number of carbonyl (C=O) groups is 1. The van der Waals surface area contributed by atoms with Gasteiger partial charge in [0.05, 0.1) is 13.2 Å². The molecule has 0 saturated carbocycles. The van der Waals surface area contributed by atoms with Gasteiger partial charge in [0.1, 0.15) is 11.9 Å². The first kappa shape index (κ1) is 25.0. The van der Waals surface area contributed by atoms with Crippen LogP contribution < -0.4 is 0 Å². The smallest absolute Gasteiger partial charge is 0.338 e. The lowest BCUT2D eigenvalue weighted by atomic mass is 10.1. The molecule has 150 valence electrons. The number of hydrogen-bond donors (Lipinski definition) is 0. The summed E-state index contributed by atoms with van der Waals surface area (Å²) in [5, 5.41) is 0. The van der Waals surface area contributed by atoms with E-state index in [1.165, 1.54) is 0 Å². The molecule has 5 nitrogen and oxygen atoms in total. The second kappa shape index (κ2) is 11.0. The van der Waals surface area contributed by atoms with Gasteiger partial charge >= 0.3 is 7.60 Å². The molecular formula is C18H39O5PSi. The van der Waals surface area contributed by atoms with Crippen LogP contribution in [0, 0.1) is 5.92 Å². The van der Waals surface area contributed by atoms with Crippen LogP contribution in [0.5, 0.6) is 0 Å². The van der Waals surface area contributed by atoms with Gasteiger partial charge in [-0.2, -0.15) is 0 Å². The lowest BCUT2D eigenvalue weighted by molar-refractivity contribution is -0.121. The Morgan fingerprint density at radius 1 is 0.880 bits per heavy atom. The van der Waals surface area contributed by atoms with E-state index in [-0.39, 0.29) is 31.1 Å². The Morgan fingerprint density at radius 2 is 1.28 bits per heavy atom. The van der Waals surface area contributed by atoms with Crippen molar-refractivity contribution in [1.82, 2.24) is 0 Å². The highest BCUT2D eigenvalue weighted by atomic mass is 31.2. The standard InChI is InChI=1S/C18H39O5PSi/c1-10-21-24(20,22-11-2)13-18(19)17(9)12-23-25(14(3)4,15(5)6)16(7)8/h14-17H,10-13H2,1-9H3/t17-/m1/s1. The number of ketones is 1. The molecule has 0 aliphatic rings. The van der Waals surface area contributed by atoms with Crippen LogP contribution in [0.3, 0.4) is 0 Å². The second-order valence-electron chi connectivity index (χ2n) is 7.60. The molecule has 7 heteroatoms. The van der Waals surface area contributed by atoms with Crippen molar-refractivity contribution in [2.75, 3.05) is 26.0 Å². The Morgan fingerprint density at radius 3 is 1.60 bits per heavy atom. The van der Waals surface area contributed by atoms with Crippen LogP contribution in [-0.4, -0.2) is 40.1 Å². The maximum Gasteiger partial charge on any atom is 0.338 e. The molecule has 0 unspecified atom stereocenters. The molecular weight excluding hydrogens is 355 g/mol. The minimum absolute atomic E-state index is 0.121. The third-order valence-electron chi connectivity index (χ3n) is 4.84. The summed E-state index contributed by atoms with van der Waals surface area (Å²) in [6.45, 7) is 19.5. The van der Waals surface area contributed by atoms with Crippen LogP contribution in [0.2, 0.25) is 16.6 Å². The zero-order valence-corrected chi connectivity index (χ0v) is 19.5. The summed E-state index contributed by atoms with van der Waals surface area (Å²) in [7, 11) is -5.35. The zero-order valence-electron chi connectivity index (χ0n) is 17.6. The van der Waals surface area contributed by atoms with Crippen molar-refractivity contribution in [3.63, 3.8) is 0 Å². The third kappa shape index (κ3) is 6.91. The normalized spacial score (nSPS) is 14.6. The zero-order chi connectivity index (χ0) is 19.8. The largest absolute Gasteiger partial charge is 0.415 e. The van der Waals surface area contributed by atoms with Crippen molar-refractivity contribution in [3.8, 4) is 0 Å². The summed E-state index contributed by atoms with van der Waals surface area (Å²) in [5.74, 6) is -0.443. The summed E-state index contributed by atoms with van der Waals surface area (Å²) < 4.78 is 29.5. The fraction of sp³-hybridized carbons (Fsp3) is 0.944. The first-order valence-corrected chi connectivity index (χ1v) is 13.4. The molecule has 25 heavy (non-hydrogen) atoms. The summed E-state index contributed by atoms with van der Waals surface area (Å²) in [6, 6.07) is 0. The van der Waals surface area contributed by atoms with Crippen LogP contribution in [0.1, 0.15) is 62.3 Å². The van der Waals surface area contributed by atoms with Crippen LogP contribution in [0.15, 0.2) is 0 Å². The van der Waals surface area contributed by atoms with Crippen LogP contribution in [-0.2, 0) is 22.8 Å². The monoisotopic (exact) mass is 394 g/mol.